The summed E-state index contributed by atoms with van der Waals surface area (Å²) in [6.07, 6.45) is 2.13. The molecule has 0 bridgehead atoms. The minimum atomic E-state index is -0.426. The number of aromatic nitrogens is 1. The Morgan fingerprint density at radius 1 is 1.13 bits per heavy atom. The van der Waals surface area contributed by atoms with E-state index in [9.17, 15) is 9.59 Å². The number of benzene rings is 1. The highest BCUT2D eigenvalue weighted by atomic mass is 16.5. The molecule has 0 saturated heterocycles. The molecule has 0 radical (unpaired) electrons. The van der Waals surface area contributed by atoms with E-state index in [0.29, 0.717) is 23.4 Å². The summed E-state index contributed by atoms with van der Waals surface area (Å²) in [6.45, 7) is 3.76. The fourth-order valence-corrected chi connectivity index (χ4v) is 4.21. The second-order valence-electron chi connectivity index (χ2n) is 7.66. The number of nitrogens with zero attached hydrogens (tertiary/aromatic N) is 1. The van der Waals surface area contributed by atoms with Gasteiger partial charge in [-0.05, 0) is 56.5 Å². The van der Waals surface area contributed by atoms with Crippen LogP contribution in [0.2, 0.25) is 0 Å². The molecule has 0 spiro atoms. The number of carbonyl (C=O) groups excluding carboxylic acids is 2. The number of allylic oxidation sites excluding steroid dienone is 3. The Morgan fingerprint density at radius 3 is 2.60 bits per heavy atom. The number of aryl methyl sites for hydroxylation is 1. The molecular formula is C24H25N3O3. The number of rotatable bonds is 4. The second kappa shape index (κ2) is 8.14. The van der Waals surface area contributed by atoms with Gasteiger partial charge >= 0.3 is 0 Å². The summed E-state index contributed by atoms with van der Waals surface area (Å²) in [4.78, 5) is 30.7. The third-order valence-electron chi connectivity index (χ3n) is 5.60. The highest BCUT2D eigenvalue weighted by Gasteiger charge is 2.38. The number of hydrogen-bond donors (Lipinski definition) is 2. The van der Waals surface area contributed by atoms with Gasteiger partial charge in [0.25, 0.3) is 5.91 Å². The number of ketones is 1. The fourth-order valence-electron chi connectivity index (χ4n) is 4.21. The van der Waals surface area contributed by atoms with Crippen LogP contribution in [0.25, 0.3) is 0 Å². The minimum absolute atomic E-state index is 0.0936. The lowest BCUT2D eigenvalue weighted by atomic mass is 9.75. The molecule has 2 N–H and O–H groups in total. The van der Waals surface area contributed by atoms with Gasteiger partial charge in [0.15, 0.2) is 5.78 Å². The predicted octanol–water partition coefficient (Wildman–Crippen LogP) is 4.01. The summed E-state index contributed by atoms with van der Waals surface area (Å²) in [5.74, 6) is 0.626. The van der Waals surface area contributed by atoms with Crippen LogP contribution in [0.3, 0.4) is 0 Å². The molecule has 1 aliphatic heterocycles. The molecule has 2 heterocycles. The molecule has 6 nitrogen and oxygen atoms in total. The molecule has 0 fully saturated rings. The van der Waals surface area contributed by atoms with Gasteiger partial charge in [-0.25, -0.2) is 4.98 Å². The Hall–Kier alpha value is -3.41. The van der Waals surface area contributed by atoms with E-state index in [1.165, 1.54) is 0 Å². The summed E-state index contributed by atoms with van der Waals surface area (Å²) in [7, 11) is 1.61. The SMILES string of the molecule is COc1ccc([C@@H]2C(C(=O)Nc3cccc(C)n3)=C(C)NC3=C2C(=O)CCC3)cc1. The van der Waals surface area contributed by atoms with Gasteiger partial charge in [0, 0.05) is 40.6 Å². The first kappa shape index (κ1) is 19.9. The molecule has 0 unspecified atom stereocenters. The zero-order valence-electron chi connectivity index (χ0n) is 17.4. The third-order valence-corrected chi connectivity index (χ3v) is 5.60. The van der Waals surface area contributed by atoms with Crippen molar-refractivity contribution in [2.24, 2.45) is 0 Å². The largest absolute Gasteiger partial charge is 0.497 e. The van der Waals surface area contributed by atoms with Gasteiger partial charge in [-0.2, -0.15) is 0 Å². The summed E-state index contributed by atoms with van der Waals surface area (Å²) in [5.41, 5.74) is 4.63. The minimum Gasteiger partial charge on any atom is -0.497 e. The normalized spacial score (nSPS) is 18.6. The Labute approximate surface area is 176 Å². The van der Waals surface area contributed by atoms with E-state index in [1.807, 2.05) is 50.2 Å². The second-order valence-corrected chi connectivity index (χ2v) is 7.66. The molecule has 30 heavy (non-hydrogen) atoms. The lowest BCUT2D eigenvalue weighted by Gasteiger charge is -2.34. The average Bonchev–Trinajstić information content (AvgIpc) is 2.73. The lowest BCUT2D eigenvalue weighted by Crippen LogP contribution is -2.35. The van der Waals surface area contributed by atoms with Crippen molar-refractivity contribution in [2.75, 3.05) is 12.4 Å². The van der Waals surface area contributed by atoms with Crippen molar-refractivity contribution in [3.05, 3.63) is 76.3 Å². The first-order valence-electron chi connectivity index (χ1n) is 10.1. The third kappa shape index (κ3) is 3.73. The van der Waals surface area contributed by atoms with Crippen LogP contribution in [-0.2, 0) is 9.59 Å². The van der Waals surface area contributed by atoms with Crippen LogP contribution in [0, 0.1) is 6.92 Å². The quantitative estimate of drug-likeness (QED) is 0.806. The molecular weight excluding hydrogens is 378 g/mol. The number of dihydropyridines is 1. The summed E-state index contributed by atoms with van der Waals surface area (Å²) in [6, 6.07) is 13.1. The molecule has 1 amide bonds. The molecule has 1 atom stereocenters. The number of amides is 1. The Morgan fingerprint density at radius 2 is 1.90 bits per heavy atom. The summed E-state index contributed by atoms with van der Waals surface area (Å²) in [5, 5.41) is 6.24. The number of Topliss-reactive ketones (excluding diaryl/α,β-unsaturated/α-hetero) is 1. The smallest absolute Gasteiger partial charge is 0.255 e. The van der Waals surface area contributed by atoms with Gasteiger partial charge < -0.3 is 15.4 Å². The molecule has 2 aromatic rings. The molecule has 1 aromatic heterocycles. The number of nitrogens with one attached hydrogen (secondary N) is 2. The number of anilines is 1. The summed E-state index contributed by atoms with van der Waals surface area (Å²) >= 11 is 0. The van der Waals surface area contributed by atoms with Gasteiger partial charge in [0.05, 0.1) is 7.11 Å². The van der Waals surface area contributed by atoms with Gasteiger partial charge in [-0.1, -0.05) is 18.2 Å². The average molecular weight is 403 g/mol. The monoisotopic (exact) mass is 403 g/mol. The number of carbonyl (C=O) groups is 2. The van der Waals surface area contributed by atoms with E-state index in [1.54, 1.807) is 13.2 Å². The van der Waals surface area contributed by atoms with Crippen LogP contribution in [0.1, 0.15) is 43.4 Å². The first-order valence-corrected chi connectivity index (χ1v) is 10.1. The number of ether oxygens (including phenoxy) is 1. The van der Waals surface area contributed by atoms with Gasteiger partial charge in [-0.3, -0.25) is 9.59 Å². The van der Waals surface area contributed by atoms with E-state index in [-0.39, 0.29) is 11.7 Å². The highest BCUT2D eigenvalue weighted by molar-refractivity contribution is 6.09. The van der Waals surface area contributed by atoms with E-state index in [2.05, 4.69) is 15.6 Å². The van der Waals surface area contributed by atoms with Crippen LogP contribution in [0.15, 0.2) is 65.0 Å². The Bertz CT molecular complexity index is 1070. The summed E-state index contributed by atoms with van der Waals surface area (Å²) < 4.78 is 5.28. The predicted molar refractivity (Wildman–Crippen MR) is 115 cm³/mol. The van der Waals surface area contributed by atoms with Crippen LogP contribution in [0.4, 0.5) is 5.82 Å². The maximum Gasteiger partial charge on any atom is 0.255 e. The van der Waals surface area contributed by atoms with Crippen molar-refractivity contribution in [1.82, 2.24) is 10.3 Å². The number of pyridine rings is 1. The standard InChI is InChI=1S/C24H25N3O3/c1-14-6-4-9-20(25-14)27-24(29)21-15(2)26-18-7-5-8-19(28)23(18)22(21)16-10-12-17(30-3)13-11-16/h4,6,9-13,22,26H,5,7-8H2,1-3H3,(H,25,27,29)/t22-/m1/s1. The molecule has 154 valence electrons. The van der Waals surface area contributed by atoms with Crippen molar-refractivity contribution >= 4 is 17.5 Å². The van der Waals surface area contributed by atoms with E-state index in [0.717, 1.165) is 41.2 Å². The molecule has 2 aliphatic rings. The topological polar surface area (TPSA) is 80.3 Å². The molecule has 1 aliphatic carbocycles. The van der Waals surface area contributed by atoms with Crippen LogP contribution in [-0.4, -0.2) is 23.8 Å². The molecule has 1 aromatic carbocycles. The highest BCUT2D eigenvalue weighted by Crippen LogP contribution is 2.42. The van der Waals surface area contributed by atoms with Gasteiger partial charge in [0.1, 0.15) is 11.6 Å². The zero-order chi connectivity index (χ0) is 21.3. The van der Waals surface area contributed by atoms with E-state index >= 15 is 0 Å². The zero-order valence-corrected chi connectivity index (χ0v) is 17.4. The van der Waals surface area contributed by atoms with Crippen molar-refractivity contribution in [1.29, 1.82) is 0 Å². The van der Waals surface area contributed by atoms with Gasteiger partial charge in [-0.15, -0.1) is 0 Å². The molecule has 4 rings (SSSR count). The fraction of sp³-hybridized carbons (Fsp3) is 0.292. The van der Waals surface area contributed by atoms with Gasteiger partial charge in [0.2, 0.25) is 0 Å². The van der Waals surface area contributed by atoms with Crippen molar-refractivity contribution in [3.8, 4) is 5.75 Å². The molecule has 6 heteroatoms. The Kier molecular flexibility index (Phi) is 5.40. The van der Waals surface area contributed by atoms with Crippen molar-refractivity contribution < 1.29 is 14.3 Å². The van der Waals surface area contributed by atoms with Crippen LogP contribution >= 0.6 is 0 Å². The van der Waals surface area contributed by atoms with Crippen LogP contribution < -0.4 is 15.4 Å². The molecule has 0 saturated carbocycles. The van der Waals surface area contributed by atoms with E-state index < -0.39 is 5.92 Å². The maximum absolute atomic E-state index is 13.4. The Balaban J connectivity index is 1.77. The lowest BCUT2D eigenvalue weighted by molar-refractivity contribution is -0.116. The van der Waals surface area contributed by atoms with Crippen molar-refractivity contribution in [2.45, 2.75) is 39.0 Å². The van der Waals surface area contributed by atoms with Crippen LogP contribution in [0.5, 0.6) is 5.75 Å². The first-order chi connectivity index (χ1) is 14.5. The maximum atomic E-state index is 13.4. The number of hydrogen-bond acceptors (Lipinski definition) is 5. The van der Waals surface area contributed by atoms with E-state index in [4.69, 9.17) is 4.74 Å². The van der Waals surface area contributed by atoms with Crippen molar-refractivity contribution in [3.63, 3.8) is 0 Å². The number of methoxy groups -OCH3 is 1.